The highest BCUT2D eigenvalue weighted by molar-refractivity contribution is 6.35. The van der Waals surface area contributed by atoms with Crippen LogP contribution in [0.25, 0.3) is 10.9 Å². The summed E-state index contributed by atoms with van der Waals surface area (Å²) in [6, 6.07) is 7.55. The molecule has 3 heteroatoms. The maximum atomic E-state index is 6.04. The monoisotopic (exact) mass is 207 g/mol. The number of halogens is 1. The Morgan fingerprint density at radius 1 is 1.21 bits per heavy atom. The first-order valence-electron chi connectivity index (χ1n) is 4.32. The van der Waals surface area contributed by atoms with E-state index in [1.165, 1.54) is 0 Å². The minimum Gasteiger partial charge on any atom is -0.494 e. The molecule has 0 radical (unpaired) electrons. The van der Waals surface area contributed by atoms with Crippen LogP contribution in [-0.4, -0.2) is 12.1 Å². The third-order valence-electron chi connectivity index (χ3n) is 2.13. The molecule has 0 fully saturated rings. The van der Waals surface area contributed by atoms with E-state index in [-0.39, 0.29) is 0 Å². The maximum absolute atomic E-state index is 6.04. The van der Waals surface area contributed by atoms with Crippen LogP contribution in [0.3, 0.4) is 0 Å². The van der Waals surface area contributed by atoms with Crippen molar-refractivity contribution in [3.8, 4) is 5.75 Å². The van der Waals surface area contributed by atoms with Gasteiger partial charge in [-0.3, -0.25) is 0 Å². The van der Waals surface area contributed by atoms with E-state index >= 15 is 0 Å². The van der Waals surface area contributed by atoms with Gasteiger partial charge in [0.15, 0.2) is 0 Å². The largest absolute Gasteiger partial charge is 0.494 e. The van der Waals surface area contributed by atoms with Crippen molar-refractivity contribution < 1.29 is 4.74 Å². The SMILES string of the molecule is COc1ccc(Cl)c2ccc(C)nc12. The molecule has 0 amide bonds. The molecule has 0 bridgehead atoms. The summed E-state index contributed by atoms with van der Waals surface area (Å²) in [4.78, 5) is 4.40. The average Bonchev–Trinajstić information content (AvgIpc) is 2.18. The lowest BCUT2D eigenvalue weighted by molar-refractivity contribution is 0.419. The molecule has 0 N–H and O–H groups in total. The number of aryl methyl sites for hydroxylation is 1. The molecule has 0 saturated carbocycles. The quantitative estimate of drug-likeness (QED) is 0.717. The summed E-state index contributed by atoms with van der Waals surface area (Å²) in [5, 5.41) is 1.63. The van der Waals surface area contributed by atoms with E-state index < -0.39 is 0 Å². The summed E-state index contributed by atoms with van der Waals surface area (Å²) in [5.41, 5.74) is 1.78. The van der Waals surface area contributed by atoms with Crippen molar-refractivity contribution in [2.45, 2.75) is 6.92 Å². The first-order chi connectivity index (χ1) is 6.72. The van der Waals surface area contributed by atoms with Crippen molar-refractivity contribution >= 4 is 22.5 Å². The van der Waals surface area contributed by atoms with Gasteiger partial charge in [0.1, 0.15) is 11.3 Å². The minimum absolute atomic E-state index is 0.702. The number of rotatable bonds is 1. The molecule has 1 aromatic carbocycles. The fraction of sp³-hybridized carbons (Fsp3) is 0.182. The Hall–Kier alpha value is -1.28. The smallest absolute Gasteiger partial charge is 0.145 e. The van der Waals surface area contributed by atoms with Gasteiger partial charge in [-0.25, -0.2) is 4.98 Å². The lowest BCUT2D eigenvalue weighted by Crippen LogP contribution is -1.89. The van der Waals surface area contributed by atoms with Crippen molar-refractivity contribution in [3.05, 3.63) is 35.0 Å². The summed E-state index contributed by atoms with van der Waals surface area (Å²) < 4.78 is 5.22. The van der Waals surface area contributed by atoms with Gasteiger partial charge in [0.05, 0.1) is 12.1 Å². The molecule has 2 aromatic rings. The van der Waals surface area contributed by atoms with Crippen molar-refractivity contribution in [2.75, 3.05) is 7.11 Å². The molecular formula is C11H10ClNO. The number of fused-ring (bicyclic) bond motifs is 1. The molecule has 72 valence electrons. The highest BCUT2D eigenvalue weighted by atomic mass is 35.5. The third kappa shape index (κ3) is 1.42. The highest BCUT2D eigenvalue weighted by Crippen LogP contribution is 2.29. The Morgan fingerprint density at radius 2 is 2.00 bits per heavy atom. The second-order valence-corrected chi connectivity index (χ2v) is 3.51. The van der Waals surface area contributed by atoms with Crippen LogP contribution < -0.4 is 4.74 Å². The van der Waals surface area contributed by atoms with Gasteiger partial charge in [-0.15, -0.1) is 0 Å². The summed E-state index contributed by atoms with van der Waals surface area (Å²) in [6.45, 7) is 1.94. The number of aromatic nitrogens is 1. The van der Waals surface area contributed by atoms with Crippen LogP contribution in [-0.2, 0) is 0 Å². The van der Waals surface area contributed by atoms with E-state index in [1.54, 1.807) is 7.11 Å². The lowest BCUT2D eigenvalue weighted by Gasteiger charge is -2.06. The zero-order valence-corrected chi connectivity index (χ0v) is 8.80. The number of nitrogens with zero attached hydrogens (tertiary/aromatic N) is 1. The predicted molar refractivity (Wildman–Crippen MR) is 58.0 cm³/mol. The van der Waals surface area contributed by atoms with Gasteiger partial charge in [0, 0.05) is 11.1 Å². The zero-order valence-electron chi connectivity index (χ0n) is 8.04. The van der Waals surface area contributed by atoms with Crippen LogP contribution in [0.1, 0.15) is 5.69 Å². The van der Waals surface area contributed by atoms with E-state index in [1.807, 2.05) is 31.2 Å². The number of methoxy groups -OCH3 is 1. The van der Waals surface area contributed by atoms with Gasteiger partial charge in [-0.05, 0) is 31.2 Å². The fourth-order valence-corrected chi connectivity index (χ4v) is 1.64. The Balaban J connectivity index is 2.85. The summed E-state index contributed by atoms with van der Waals surface area (Å²) in [7, 11) is 1.63. The zero-order chi connectivity index (χ0) is 10.1. The molecule has 0 unspecified atom stereocenters. The molecule has 0 aliphatic carbocycles. The second kappa shape index (κ2) is 3.46. The number of hydrogen-bond donors (Lipinski definition) is 0. The molecule has 0 atom stereocenters. The van der Waals surface area contributed by atoms with Crippen LogP contribution in [0.15, 0.2) is 24.3 Å². The van der Waals surface area contributed by atoms with Crippen LogP contribution in [0.5, 0.6) is 5.75 Å². The van der Waals surface area contributed by atoms with Crippen molar-refractivity contribution in [2.24, 2.45) is 0 Å². The molecule has 0 saturated heterocycles. The number of hydrogen-bond acceptors (Lipinski definition) is 2. The molecule has 2 rings (SSSR count). The molecule has 14 heavy (non-hydrogen) atoms. The Kier molecular flexibility index (Phi) is 2.30. The number of benzene rings is 1. The standard InChI is InChI=1S/C11H10ClNO/c1-7-3-4-8-9(12)5-6-10(14-2)11(8)13-7/h3-6H,1-2H3. The van der Waals surface area contributed by atoms with E-state index in [0.717, 1.165) is 22.3 Å². The van der Waals surface area contributed by atoms with Crippen molar-refractivity contribution in [1.82, 2.24) is 4.98 Å². The summed E-state index contributed by atoms with van der Waals surface area (Å²) in [6.07, 6.45) is 0. The fourth-order valence-electron chi connectivity index (χ4n) is 1.42. The normalized spacial score (nSPS) is 10.5. The Labute approximate surface area is 87.5 Å². The first-order valence-corrected chi connectivity index (χ1v) is 4.70. The van der Waals surface area contributed by atoms with Crippen LogP contribution in [0, 0.1) is 6.92 Å². The van der Waals surface area contributed by atoms with Crippen LogP contribution in [0.2, 0.25) is 5.02 Å². The van der Waals surface area contributed by atoms with Gasteiger partial charge in [-0.2, -0.15) is 0 Å². The van der Waals surface area contributed by atoms with Crippen molar-refractivity contribution in [1.29, 1.82) is 0 Å². The topological polar surface area (TPSA) is 22.1 Å². The van der Waals surface area contributed by atoms with Crippen molar-refractivity contribution in [3.63, 3.8) is 0 Å². The van der Waals surface area contributed by atoms with Gasteiger partial charge < -0.3 is 4.74 Å². The molecule has 2 nitrogen and oxygen atoms in total. The van der Waals surface area contributed by atoms with Gasteiger partial charge >= 0.3 is 0 Å². The first kappa shape index (κ1) is 9.28. The van der Waals surface area contributed by atoms with Crippen LogP contribution >= 0.6 is 11.6 Å². The van der Waals surface area contributed by atoms with Gasteiger partial charge in [-0.1, -0.05) is 11.6 Å². The molecule has 1 heterocycles. The highest BCUT2D eigenvalue weighted by Gasteiger charge is 2.05. The molecule has 0 aliphatic rings. The molecule has 0 aliphatic heterocycles. The van der Waals surface area contributed by atoms with E-state index in [9.17, 15) is 0 Å². The van der Waals surface area contributed by atoms with Gasteiger partial charge in [0.2, 0.25) is 0 Å². The average molecular weight is 208 g/mol. The minimum atomic E-state index is 0.702. The second-order valence-electron chi connectivity index (χ2n) is 3.10. The van der Waals surface area contributed by atoms with E-state index in [2.05, 4.69) is 4.98 Å². The van der Waals surface area contributed by atoms with E-state index in [0.29, 0.717) is 5.02 Å². The molecule has 0 spiro atoms. The summed E-state index contributed by atoms with van der Waals surface area (Å²) >= 11 is 6.04. The predicted octanol–water partition coefficient (Wildman–Crippen LogP) is 3.21. The van der Waals surface area contributed by atoms with E-state index in [4.69, 9.17) is 16.3 Å². The molecular weight excluding hydrogens is 198 g/mol. The van der Waals surface area contributed by atoms with Gasteiger partial charge in [0.25, 0.3) is 0 Å². The number of pyridine rings is 1. The maximum Gasteiger partial charge on any atom is 0.145 e. The Morgan fingerprint density at radius 3 is 2.71 bits per heavy atom. The number of ether oxygens (including phenoxy) is 1. The van der Waals surface area contributed by atoms with Crippen LogP contribution in [0.4, 0.5) is 0 Å². The Bertz CT molecular complexity index is 482. The third-order valence-corrected chi connectivity index (χ3v) is 2.46. The lowest BCUT2D eigenvalue weighted by atomic mass is 10.2. The summed E-state index contributed by atoms with van der Waals surface area (Å²) in [5.74, 6) is 0.758. The molecule has 1 aromatic heterocycles.